The molecule has 2 amide bonds. The van der Waals surface area contributed by atoms with E-state index in [1.165, 1.54) is 18.7 Å². The topological polar surface area (TPSA) is 110 Å². The van der Waals surface area contributed by atoms with Crippen molar-refractivity contribution >= 4 is 45.9 Å². The first-order valence-electron chi connectivity index (χ1n) is 12.1. The van der Waals surface area contributed by atoms with E-state index in [9.17, 15) is 19.2 Å². The van der Waals surface area contributed by atoms with Gasteiger partial charge in [-0.2, -0.15) is 0 Å². The quantitative estimate of drug-likeness (QED) is 0.188. The van der Waals surface area contributed by atoms with E-state index in [1.54, 1.807) is 59.2 Å². The van der Waals surface area contributed by atoms with E-state index < -0.39 is 0 Å². The van der Waals surface area contributed by atoms with Crippen LogP contribution < -0.4 is 16.2 Å². The summed E-state index contributed by atoms with van der Waals surface area (Å²) >= 11 is 1.17. The Morgan fingerprint density at radius 3 is 2.24 bits per heavy atom. The highest BCUT2D eigenvalue weighted by Gasteiger charge is 2.15. The van der Waals surface area contributed by atoms with Crippen molar-refractivity contribution in [2.45, 2.75) is 38.5 Å². The molecule has 0 aliphatic carbocycles. The van der Waals surface area contributed by atoms with Crippen LogP contribution in [0.5, 0.6) is 0 Å². The lowest BCUT2D eigenvalue weighted by Crippen LogP contribution is -2.30. The van der Waals surface area contributed by atoms with Crippen LogP contribution in [0.15, 0.2) is 82.7 Å². The first kappa shape index (κ1) is 26.8. The molecule has 0 saturated carbocycles. The third-order valence-electron chi connectivity index (χ3n) is 5.71. The number of thioether (sulfide) groups is 1. The molecule has 3 aromatic carbocycles. The number of rotatable bonds is 9. The molecule has 8 nitrogen and oxygen atoms in total. The fraction of sp³-hybridized carbons (Fsp3) is 0.207. The number of amides is 2. The highest BCUT2D eigenvalue weighted by molar-refractivity contribution is 7.99. The van der Waals surface area contributed by atoms with E-state index in [2.05, 4.69) is 15.6 Å². The number of anilines is 1. The number of carbonyl (C=O) groups excluding carboxylic acids is 3. The molecule has 0 saturated heterocycles. The van der Waals surface area contributed by atoms with Crippen LogP contribution in [0.1, 0.15) is 47.1 Å². The number of aromatic nitrogens is 2. The van der Waals surface area contributed by atoms with Gasteiger partial charge < -0.3 is 10.6 Å². The Morgan fingerprint density at radius 2 is 1.58 bits per heavy atom. The highest BCUT2D eigenvalue weighted by atomic mass is 32.2. The fourth-order valence-corrected chi connectivity index (χ4v) is 4.60. The van der Waals surface area contributed by atoms with Gasteiger partial charge >= 0.3 is 0 Å². The van der Waals surface area contributed by atoms with Gasteiger partial charge in [-0.1, -0.05) is 36.0 Å². The van der Waals surface area contributed by atoms with Crippen molar-refractivity contribution < 1.29 is 14.4 Å². The van der Waals surface area contributed by atoms with Crippen molar-refractivity contribution in [3.63, 3.8) is 0 Å². The molecule has 4 aromatic rings. The standard InChI is InChI=1S/C29H28N4O4S/c1-18(2)30-27(36)22-10-8-20(9-11-22)16-33-28(37)24-6-4-5-7-25(24)32-29(33)38-17-26(35)31-23-14-12-21(13-15-23)19(3)34/h4-15,18H,16-17H2,1-3H3,(H,30,36)(H,31,35). The minimum Gasteiger partial charge on any atom is -0.350 e. The monoisotopic (exact) mass is 528 g/mol. The number of benzene rings is 3. The molecule has 0 aliphatic rings. The minimum atomic E-state index is -0.264. The molecule has 0 radical (unpaired) electrons. The largest absolute Gasteiger partial charge is 0.350 e. The average Bonchev–Trinajstić information content (AvgIpc) is 2.89. The Labute approximate surface area is 224 Å². The predicted octanol–water partition coefficient (Wildman–Crippen LogP) is 4.52. The summed E-state index contributed by atoms with van der Waals surface area (Å²) in [5.74, 6) is -0.435. The van der Waals surface area contributed by atoms with Gasteiger partial charge in [0, 0.05) is 22.9 Å². The second kappa shape index (κ2) is 11.9. The third kappa shape index (κ3) is 6.54. The molecule has 9 heteroatoms. The highest BCUT2D eigenvalue weighted by Crippen LogP contribution is 2.20. The summed E-state index contributed by atoms with van der Waals surface area (Å²) in [6.45, 7) is 5.52. The SMILES string of the molecule is CC(=O)c1ccc(NC(=O)CSc2nc3ccccc3c(=O)n2Cc2ccc(C(=O)NC(C)C)cc2)cc1. The molecule has 0 atom stereocenters. The number of hydrogen-bond acceptors (Lipinski definition) is 6. The third-order valence-corrected chi connectivity index (χ3v) is 6.69. The number of Topliss-reactive ketones (excluding diaryl/α,β-unsaturated/α-hetero) is 1. The number of carbonyl (C=O) groups is 3. The molecule has 4 rings (SSSR count). The second-order valence-corrected chi connectivity index (χ2v) is 10.0. The summed E-state index contributed by atoms with van der Waals surface area (Å²) in [5.41, 5.74) is 2.84. The van der Waals surface area contributed by atoms with E-state index in [0.717, 1.165) is 5.56 Å². The normalized spacial score (nSPS) is 10.9. The molecule has 1 aromatic heterocycles. The lowest BCUT2D eigenvalue weighted by molar-refractivity contribution is -0.113. The Bertz CT molecular complexity index is 1540. The Kier molecular flexibility index (Phi) is 8.38. The zero-order valence-corrected chi connectivity index (χ0v) is 22.2. The lowest BCUT2D eigenvalue weighted by Gasteiger charge is -2.14. The van der Waals surface area contributed by atoms with Gasteiger partial charge in [0.15, 0.2) is 10.9 Å². The van der Waals surface area contributed by atoms with Gasteiger partial charge in [0.05, 0.1) is 23.2 Å². The molecule has 0 unspecified atom stereocenters. The van der Waals surface area contributed by atoms with Crippen LogP contribution in [0.4, 0.5) is 5.69 Å². The first-order chi connectivity index (χ1) is 18.2. The zero-order valence-electron chi connectivity index (χ0n) is 21.4. The molecule has 0 fully saturated rings. The van der Waals surface area contributed by atoms with Gasteiger partial charge in [-0.3, -0.25) is 23.7 Å². The molecule has 2 N–H and O–H groups in total. The molecule has 0 spiro atoms. The molecular weight excluding hydrogens is 500 g/mol. The number of hydrogen-bond donors (Lipinski definition) is 2. The zero-order chi connectivity index (χ0) is 27.2. The average molecular weight is 529 g/mol. The van der Waals surface area contributed by atoms with Crippen molar-refractivity contribution in [1.82, 2.24) is 14.9 Å². The van der Waals surface area contributed by atoms with Crippen molar-refractivity contribution in [3.05, 3.63) is 99.8 Å². The van der Waals surface area contributed by atoms with Gasteiger partial charge in [-0.25, -0.2) is 4.98 Å². The Morgan fingerprint density at radius 1 is 0.921 bits per heavy atom. The van der Waals surface area contributed by atoms with E-state index in [4.69, 9.17) is 0 Å². The summed E-state index contributed by atoms with van der Waals surface area (Å²) in [7, 11) is 0. The van der Waals surface area contributed by atoms with Crippen LogP contribution in [0.3, 0.4) is 0 Å². The molecule has 0 aliphatic heterocycles. The van der Waals surface area contributed by atoms with E-state index in [1.807, 2.05) is 32.0 Å². The van der Waals surface area contributed by atoms with Gasteiger partial charge in [0.25, 0.3) is 11.5 Å². The summed E-state index contributed by atoms with van der Waals surface area (Å²) in [4.78, 5) is 54.4. The maximum atomic E-state index is 13.4. The smallest absolute Gasteiger partial charge is 0.262 e. The van der Waals surface area contributed by atoms with Gasteiger partial charge in [-0.15, -0.1) is 0 Å². The van der Waals surface area contributed by atoms with Gasteiger partial charge in [-0.05, 0) is 74.9 Å². The van der Waals surface area contributed by atoms with Crippen LogP contribution in [-0.4, -0.2) is 38.9 Å². The van der Waals surface area contributed by atoms with Crippen molar-refractivity contribution in [2.24, 2.45) is 0 Å². The lowest BCUT2D eigenvalue weighted by atomic mass is 10.1. The van der Waals surface area contributed by atoms with Crippen molar-refractivity contribution in [2.75, 3.05) is 11.1 Å². The molecule has 0 bridgehead atoms. The second-order valence-electron chi connectivity index (χ2n) is 9.10. The van der Waals surface area contributed by atoms with Crippen molar-refractivity contribution in [3.8, 4) is 0 Å². The fourth-order valence-electron chi connectivity index (χ4n) is 3.80. The Hall–Kier alpha value is -4.24. The minimum absolute atomic E-state index is 0.0288. The van der Waals surface area contributed by atoms with Crippen LogP contribution in [-0.2, 0) is 11.3 Å². The van der Waals surface area contributed by atoms with E-state index >= 15 is 0 Å². The number of para-hydroxylation sites is 1. The molecular formula is C29H28N4O4S. The van der Waals surface area contributed by atoms with Crippen LogP contribution >= 0.6 is 11.8 Å². The van der Waals surface area contributed by atoms with E-state index in [0.29, 0.717) is 32.9 Å². The summed E-state index contributed by atoms with van der Waals surface area (Å²) in [5, 5.41) is 6.56. The van der Waals surface area contributed by atoms with E-state index in [-0.39, 0.29) is 41.5 Å². The maximum Gasteiger partial charge on any atom is 0.262 e. The number of nitrogens with zero attached hydrogens (tertiary/aromatic N) is 2. The van der Waals surface area contributed by atoms with Gasteiger partial charge in [0.2, 0.25) is 5.91 Å². The summed E-state index contributed by atoms with van der Waals surface area (Å²) in [6.07, 6.45) is 0. The number of ketones is 1. The first-order valence-corrected chi connectivity index (χ1v) is 13.1. The van der Waals surface area contributed by atoms with Gasteiger partial charge in [0.1, 0.15) is 0 Å². The molecule has 38 heavy (non-hydrogen) atoms. The van der Waals surface area contributed by atoms with Crippen LogP contribution in [0.25, 0.3) is 10.9 Å². The number of fused-ring (bicyclic) bond motifs is 1. The van der Waals surface area contributed by atoms with Crippen molar-refractivity contribution in [1.29, 1.82) is 0 Å². The summed E-state index contributed by atoms with van der Waals surface area (Å²) < 4.78 is 1.55. The Balaban J connectivity index is 1.54. The molecule has 194 valence electrons. The summed E-state index contributed by atoms with van der Waals surface area (Å²) in [6, 6.07) is 20.9. The molecule has 1 heterocycles. The maximum absolute atomic E-state index is 13.4. The predicted molar refractivity (Wildman–Crippen MR) is 150 cm³/mol. The van der Waals surface area contributed by atoms with Crippen LogP contribution in [0, 0.1) is 0 Å². The number of nitrogens with one attached hydrogen (secondary N) is 2. The van der Waals surface area contributed by atoms with Crippen LogP contribution in [0.2, 0.25) is 0 Å².